The first-order valence-electron chi connectivity index (χ1n) is 12.1. The van der Waals surface area contributed by atoms with Gasteiger partial charge in [0.15, 0.2) is 0 Å². The van der Waals surface area contributed by atoms with E-state index in [0.29, 0.717) is 65.3 Å². The number of carbonyl (C=O) groups excluding carboxylic acids is 2. The molecule has 2 aromatic rings. The van der Waals surface area contributed by atoms with Crippen molar-refractivity contribution in [1.82, 2.24) is 14.3 Å². The zero-order chi connectivity index (χ0) is 24.9. The third kappa shape index (κ3) is 5.43. The van der Waals surface area contributed by atoms with Crippen LogP contribution in [0.4, 0.5) is 5.82 Å². The number of fused-ring (bicyclic) bond motifs is 1. The Morgan fingerprint density at radius 2 is 2.00 bits per heavy atom. The van der Waals surface area contributed by atoms with Gasteiger partial charge in [0.1, 0.15) is 15.8 Å². The molecule has 0 N–H and O–H groups in total. The van der Waals surface area contributed by atoms with Gasteiger partial charge >= 0.3 is 5.97 Å². The van der Waals surface area contributed by atoms with Gasteiger partial charge in [0.25, 0.3) is 11.5 Å². The fourth-order valence-corrected chi connectivity index (χ4v) is 5.68. The summed E-state index contributed by atoms with van der Waals surface area (Å²) in [5.74, 6) is 0.0293. The van der Waals surface area contributed by atoms with E-state index in [1.807, 2.05) is 11.0 Å². The molecular weight excluding hydrogens is 484 g/mol. The van der Waals surface area contributed by atoms with Gasteiger partial charge in [-0.1, -0.05) is 49.8 Å². The summed E-state index contributed by atoms with van der Waals surface area (Å²) < 4.78 is 7.19. The summed E-state index contributed by atoms with van der Waals surface area (Å²) in [7, 11) is 0. The van der Waals surface area contributed by atoms with Crippen LogP contribution in [0, 0.1) is 5.92 Å². The zero-order valence-electron chi connectivity index (χ0n) is 20.1. The van der Waals surface area contributed by atoms with Crippen molar-refractivity contribution in [3.63, 3.8) is 0 Å². The number of carbonyl (C=O) groups is 2. The maximum Gasteiger partial charge on any atom is 0.309 e. The predicted octanol–water partition coefficient (Wildman–Crippen LogP) is 3.87. The van der Waals surface area contributed by atoms with E-state index >= 15 is 0 Å². The van der Waals surface area contributed by atoms with E-state index in [0.717, 1.165) is 19.3 Å². The summed E-state index contributed by atoms with van der Waals surface area (Å²) in [6, 6.07) is 5.39. The van der Waals surface area contributed by atoms with Gasteiger partial charge in [-0.3, -0.25) is 23.7 Å². The Labute approximate surface area is 214 Å². The van der Waals surface area contributed by atoms with Crippen molar-refractivity contribution in [2.45, 2.75) is 46.0 Å². The van der Waals surface area contributed by atoms with Crippen molar-refractivity contribution in [1.29, 1.82) is 0 Å². The fourth-order valence-electron chi connectivity index (χ4n) is 4.39. The first kappa shape index (κ1) is 25.4. The number of hydrogen-bond acceptors (Lipinski definition) is 8. The van der Waals surface area contributed by atoms with Crippen molar-refractivity contribution in [2.24, 2.45) is 5.92 Å². The molecule has 0 radical (unpaired) electrons. The molecule has 0 spiro atoms. The number of thiocarbonyl (C=S) groups is 1. The summed E-state index contributed by atoms with van der Waals surface area (Å²) in [6.45, 7) is 6.00. The molecule has 0 bridgehead atoms. The van der Waals surface area contributed by atoms with E-state index in [2.05, 4.69) is 6.92 Å². The Morgan fingerprint density at radius 1 is 1.23 bits per heavy atom. The second-order valence-electron chi connectivity index (χ2n) is 8.64. The highest BCUT2D eigenvalue weighted by Crippen LogP contribution is 2.34. The lowest BCUT2D eigenvalue weighted by Gasteiger charge is -2.32. The highest BCUT2D eigenvalue weighted by molar-refractivity contribution is 8.26. The number of thioether (sulfide) groups is 1. The lowest BCUT2D eigenvalue weighted by molar-refractivity contribution is -0.148. The lowest BCUT2D eigenvalue weighted by Crippen LogP contribution is -2.39. The second kappa shape index (κ2) is 11.3. The Bertz CT molecular complexity index is 1220. The molecule has 0 atom stereocenters. The van der Waals surface area contributed by atoms with Crippen LogP contribution in [-0.4, -0.2) is 56.7 Å². The fraction of sp³-hybridized carbons (Fsp3) is 0.480. The molecule has 8 nitrogen and oxygen atoms in total. The van der Waals surface area contributed by atoms with Gasteiger partial charge in [0, 0.05) is 25.8 Å². The Morgan fingerprint density at radius 3 is 2.71 bits per heavy atom. The highest BCUT2D eigenvalue weighted by atomic mass is 32.2. The highest BCUT2D eigenvalue weighted by Gasteiger charge is 2.33. The molecule has 2 fully saturated rings. The van der Waals surface area contributed by atoms with Crippen LogP contribution in [0.5, 0.6) is 0 Å². The number of anilines is 1. The van der Waals surface area contributed by atoms with Crippen LogP contribution in [0.15, 0.2) is 34.1 Å². The maximum absolute atomic E-state index is 13.5. The number of nitrogens with zero attached hydrogens (tertiary/aromatic N) is 4. The van der Waals surface area contributed by atoms with Gasteiger partial charge in [0.05, 0.1) is 23.0 Å². The van der Waals surface area contributed by atoms with E-state index in [1.165, 1.54) is 16.2 Å². The van der Waals surface area contributed by atoms with Crippen molar-refractivity contribution in [2.75, 3.05) is 31.1 Å². The van der Waals surface area contributed by atoms with Gasteiger partial charge in [-0.2, -0.15) is 0 Å². The molecule has 0 saturated carbocycles. The molecule has 2 aliphatic rings. The van der Waals surface area contributed by atoms with Crippen LogP contribution in [0.25, 0.3) is 11.7 Å². The van der Waals surface area contributed by atoms with E-state index < -0.39 is 0 Å². The van der Waals surface area contributed by atoms with Gasteiger partial charge in [-0.25, -0.2) is 4.98 Å². The SMILES string of the molecule is CCCCCN1C(=O)/C(=C/c2c(N3CCC(C(=O)OCC)CC3)nc3ccccn3c2=O)SC1=S. The monoisotopic (exact) mass is 514 g/mol. The summed E-state index contributed by atoms with van der Waals surface area (Å²) >= 11 is 6.69. The molecule has 4 heterocycles. The van der Waals surface area contributed by atoms with Gasteiger partial charge in [-0.15, -0.1) is 0 Å². The molecule has 4 rings (SSSR count). The summed E-state index contributed by atoms with van der Waals surface area (Å²) in [5.41, 5.74) is 0.649. The van der Waals surface area contributed by atoms with Crippen LogP contribution < -0.4 is 10.5 Å². The smallest absolute Gasteiger partial charge is 0.309 e. The number of amides is 1. The molecule has 2 aliphatic heterocycles. The Kier molecular flexibility index (Phi) is 8.22. The number of aromatic nitrogens is 2. The number of unbranched alkanes of at least 4 members (excludes halogenated alkanes) is 2. The van der Waals surface area contributed by atoms with Crippen LogP contribution in [0.3, 0.4) is 0 Å². The zero-order valence-corrected chi connectivity index (χ0v) is 21.7. The minimum Gasteiger partial charge on any atom is -0.466 e. The van der Waals surface area contributed by atoms with E-state index in [4.69, 9.17) is 21.9 Å². The molecule has 10 heteroatoms. The third-order valence-corrected chi connectivity index (χ3v) is 7.68. The Balaban J connectivity index is 1.68. The first-order valence-corrected chi connectivity index (χ1v) is 13.3. The average molecular weight is 515 g/mol. The predicted molar refractivity (Wildman–Crippen MR) is 142 cm³/mol. The summed E-state index contributed by atoms with van der Waals surface area (Å²) in [5, 5.41) is 0. The van der Waals surface area contributed by atoms with Crippen molar-refractivity contribution in [3.8, 4) is 0 Å². The standard InChI is InChI=1S/C25H30N4O4S2/c1-3-5-7-13-29-23(31)19(35-25(29)34)16-18-21(26-20-9-6-8-12-28(20)22(18)30)27-14-10-17(11-15-27)24(32)33-4-2/h6,8-9,12,16-17H,3-5,7,10-11,13-15H2,1-2H3/b19-16-. The van der Waals surface area contributed by atoms with E-state index in [1.54, 1.807) is 36.2 Å². The van der Waals surface area contributed by atoms with Crippen LogP contribution >= 0.6 is 24.0 Å². The molecule has 35 heavy (non-hydrogen) atoms. The largest absolute Gasteiger partial charge is 0.466 e. The molecule has 0 unspecified atom stereocenters. The maximum atomic E-state index is 13.5. The van der Waals surface area contributed by atoms with Crippen molar-refractivity contribution >= 4 is 57.7 Å². The Hall–Kier alpha value is -2.72. The number of ether oxygens (including phenoxy) is 1. The molecule has 2 saturated heterocycles. The summed E-state index contributed by atoms with van der Waals surface area (Å²) in [6.07, 6.45) is 7.52. The molecule has 2 aromatic heterocycles. The normalized spacial score (nSPS) is 18.2. The van der Waals surface area contributed by atoms with Gasteiger partial charge < -0.3 is 9.64 Å². The summed E-state index contributed by atoms with van der Waals surface area (Å²) in [4.78, 5) is 47.7. The van der Waals surface area contributed by atoms with Crippen LogP contribution in [0.2, 0.25) is 0 Å². The molecule has 0 aliphatic carbocycles. The topological polar surface area (TPSA) is 84.2 Å². The number of hydrogen-bond donors (Lipinski definition) is 0. The lowest BCUT2D eigenvalue weighted by atomic mass is 9.96. The number of rotatable bonds is 8. The van der Waals surface area contributed by atoms with Gasteiger partial charge in [0.2, 0.25) is 0 Å². The van der Waals surface area contributed by atoms with Gasteiger partial charge in [-0.05, 0) is 44.4 Å². The first-order chi connectivity index (χ1) is 16.9. The molecule has 0 aromatic carbocycles. The third-order valence-electron chi connectivity index (χ3n) is 6.30. The second-order valence-corrected chi connectivity index (χ2v) is 10.3. The van der Waals surface area contributed by atoms with E-state index in [-0.39, 0.29) is 23.4 Å². The molecular formula is C25H30N4O4S2. The quantitative estimate of drug-likeness (QED) is 0.227. The van der Waals surface area contributed by atoms with Crippen LogP contribution in [-0.2, 0) is 14.3 Å². The molecule has 186 valence electrons. The van der Waals surface area contributed by atoms with Crippen molar-refractivity contribution in [3.05, 3.63) is 45.2 Å². The number of esters is 1. The number of pyridine rings is 1. The molecule has 1 amide bonds. The van der Waals surface area contributed by atoms with Crippen molar-refractivity contribution < 1.29 is 14.3 Å². The van der Waals surface area contributed by atoms with Crippen LogP contribution in [0.1, 0.15) is 51.5 Å². The number of piperidine rings is 1. The minimum atomic E-state index is -0.241. The van der Waals surface area contributed by atoms with E-state index in [9.17, 15) is 14.4 Å². The average Bonchev–Trinajstić information content (AvgIpc) is 3.13. The minimum absolute atomic E-state index is 0.157.